The fourth-order valence-corrected chi connectivity index (χ4v) is 3.42. The minimum Gasteiger partial charge on any atom is -0.482 e. The quantitative estimate of drug-likeness (QED) is 0.492. The first-order valence-electron chi connectivity index (χ1n) is 9.57. The van der Waals surface area contributed by atoms with Crippen LogP contribution in [0, 0.1) is 0 Å². The number of hydrogen-bond acceptors (Lipinski definition) is 6. The van der Waals surface area contributed by atoms with Gasteiger partial charge in [-0.1, -0.05) is 41.7 Å². The molecule has 0 atom stereocenters. The third-order valence-corrected chi connectivity index (χ3v) is 5.08. The number of likely N-dealkylation sites (N-methyl/N-ethyl adjacent to an activating group) is 1. The van der Waals surface area contributed by atoms with Crippen molar-refractivity contribution in [2.45, 2.75) is 0 Å². The Bertz CT molecular complexity index is 1180. The van der Waals surface area contributed by atoms with Gasteiger partial charge in [-0.3, -0.25) is 9.59 Å². The Labute approximate surface area is 177 Å². The highest BCUT2D eigenvalue weighted by atomic mass is 32.1. The molecule has 30 heavy (non-hydrogen) atoms. The third-order valence-electron chi connectivity index (χ3n) is 4.14. The number of aromatic nitrogens is 2. The first-order valence-corrected chi connectivity index (χ1v) is 10.4. The van der Waals surface area contributed by atoms with Crippen molar-refractivity contribution in [3.8, 4) is 5.06 Å². The van der Waals surface area contributed by atoms with Crippen LogP contribution in [0.25, 0.3) is 12.2 Å². The van der Waals surface area contributed by atoms with Crippen LogP contribution < -0.4 is 26.6 Å². The molecule has 0 radical (unpaired) electrons. The van der Waals surface area contributed by atoms with E-state index in [0.717, 1.165) is 22.0 Å². The second kappa shape index (κ2) is 10.7. The summed E-state index contributed by atoms with van der Waals surface area (Å²) in [6, 6.07) is 13.0. The molecule has 0 saturated heterocycles. The van der Waals surface area contributed by atoms with Crippen molar-refractivity contribution in [2.24, 2.45) is 0 Å². The summed E-state index contributed by atoms with van der Waals surface area (Å²) in [5.74, 6) is 0. The topological polar surface area (TPSA) is 87.4 Å². The molecule has 1 aromatic carbocycles. The Morgan fingerprint density at radius 3 is 2.30 bits per heavy atom. The predicted octanol–water partition coefficient (Wildman–Crippen LogP) is 0.739. The van der Waals surface area contributed by atoms with E-state index >= 15 is 0 Å². The van der Waals surface area contributed by atoms with Crippen molar-refractivity contribution >= 4 is 23.5 Å². The molecule has 3 rings (SSSR count). The number of H-pyrrole nitrogens is 2. The average molecular weight is 428 g/mol. The molecular formula is C22H25N3O4S. The zero-order chi connectivity index (χ0) is 21.3. The fraction of sp³-hybridized carbons (Fsp3) is 0.273. The van der Waals surface area contributed by atoms with Crippen LogP contribution in [-0.4, -0.2) is 55.3 Å². The minimum absolute atomic E-state index is 0.200. The van der Waals surface area contributed by atoms with Gasteiger partial charge >= 0.3 is 0 Å². The zero-order valence-corrected chi connectivity index (χ0v) is 17.8. The minimum atomic E-state index is -0.359. The maximum atomic E-state index is 12.4. The highest BCUT2D eigenvalue weighted by Gasteiger charge is 2.02. The second-order valence-corrected chi connectivity index (χ2v) is 7.93. The van der Waals surface area contributed by atoms with Gasteiger partial charge < -0.3 is 24.3 Å². The van der Waals surface area contributed by atoms with Crippen molar-refractivity contribution in [1.29, 1.82) is 0 Å². The van der Waals surface area contributed by atoms with Gasteiger partial charge in [0.15, 0.2) is 5.06 Å². The predicted molar refractivity (Wildman–Crippen MR) is 120 cm³/mol. The Morgan fingerprint density at radius 1 is 0.900 bits per heavy atom. The molecule has 7 nitrogen and oxygen atoms in total. The molecule has 0 fully saturated rings. The smallest absolute Gasteiger partial charge is 0.272 e. The monoisotopic (exact) mass is 427 g/mol. The summed E-state index contributed by atoms with van der Waals surface area (Å²) >= 11 is 1.39. The molecule has 0 bridgehead atoms. The molecule has 0 saturated carbocycles. The Hall–Kier alpha value is -2.94. The van der Waals surface area contributed by atoms with Crippen molar-refractivity contribution < 1.29 is 9.47 Å². The lowest BCUT2D eigenvalue weighted by Crippen LogP contribution is -2.46. The fourth-order valence-electron chi connectivity index (χ4n) is 2.59. The van der Waals surface area contributed by atoms with Crippen LogP contribution in [0.4, 0.5) is 0 Å². The molecule has 2 N–H and O–H groups in total. The Balaban J connectivity index is 1.68. The van der Waals surface area contributed by atoms with E-state index in [4.69, 9.17) is 9.47 Å². The summed E-state index contributed by atoms with van der Waals surface area (Å²) < 4.78 is 11.2. The average Bonchev–Trinajstić information content (AvgIpc) is 3.16. The number of hydrogen-bond donors (Lipinski definition) is 2. The second-order valence-electron chi connectivity index (χ2n) is 6.86. The Morgan fingerprint density at radius 2 is 1.60 bits per heavy atom. The van der Waals surface area contributed by atoms with Crippen LogP contribution in [0.3, 0.4) is 0 Å². The normalized spacial score (nSPS) is 12.6. The van der Waals surface area contributed by atoms with E-state index in [1.54, 1.807) is 12.2 Å². The van der Waals surface area contributed by atoms with Gasteiger partial charge in [-0.05, 0) is 43.9 Å². The van der Waals surface area contributed by atoms with Gasteiger partial charge in [0, 0.05) is 11.4 Å². The van der Waals surface area contributed by atoms with Gasteiger partial charge in [-0.2, -0.15) is 0 Å². The van der Waals surface area contributed by atoms with Gasteiger partial charge in [-0.15, -0.1) is 0 Å². The molecule has 2 aromatic heterocycles. The molecule has 0 aliphatic rings. The van der Waals surface area contributed by atoms with Crippen LogP contribution in [0.5, 0.6) is 5.06 Å². The van der Waals surface area contributed by atoms with Crippen molar-refractivity contribution in [3.63, 3.8) is 0 Å². The highest BCUT2D eigenvalue weighted by Crippen LogP contribution is 2.24. The number of nitrogens with one attached hydrogen (secondary N) is 2. The maximum Gasteiger partial charge on any atom is 0.272 e. The SMILES string of the molecule is CN(C)CCOCCOc1ccc(/C=c2\[nH]c(=O)/c(=C/c3ccccc3)[nH]c2=O)s1. The van der Waals surface area contributed by atoms with E-state index in [0.29, 0.717) is 19.8 Å². The lowest BCUT2D eigenvalue weighted by atomic mass is 10.2. The number of rotatable bonds is 9. The van der Waals surface area contributed by atoms with E-state index in [1.165, 1.54) is 11.3 Å². The molecule has 3 aromatic rings. The standard InChI is InChI=1S/C22H25N3O4S/c1-25(2)10-11-28-12-13-29-20-9-8-17(30-20)15-19-22(27)23-18(21(26)24-19)14-16-6-4-3-5-7-16/h3-9,14-15H,10-13H2,1-2H3,(H,23,27)(H,24,26)/b18-14-,19-15-. The molecule has 0 spiro atoms. The number of aromatic amines is 2. The largest absolute Gasteiger partial charge is 0.482 e. The van der Waals surface area contributed by atoms with E-state index < -0.39 is 0 Å². The Kier molecular flexibility index (Phi) is 7.78. The summed E-state index contributed by atoms with van der Waals surface area (Å²) in [7, 11) is 3.99. The molecule has 158 valence electrons. The molecular weight excluding hydrogens is 402 g/mol. The lowest BCUT2D eigenvalue weighted by molar-refractivity contribution is 0.0900. The molecule has 0 unspecified atom stereocenters. The number of nitrogens with zero attached hydrogens (tertiary/aromatic N) is 1. The molecule has 0 amide bonds. The van der Waals surface area contributed by atoms with Crippen LogP contribution in [0.1, 0.15) is 10.4 Å². The van der Waals surface area contributed by atoms with Crippen LogP contribution in [0.15, 0.2) is 52.1 Å². The number of thiophene rings is 1. The van der Waals surface area contributed by atoms with Crippen LogP contribution in [0.2, 0.25) is 0 Å². The maximum absolute atomic E-state index is 12.4. The highest BCUT2D eigenvalue weighted by molar-refractivity contribution is 7.14. The van der Waals surface area contributed by atoms with E-state index in [-0.39, 0.29) is 21.8 Å². The van der Waals surface area contributed by atoms with Gasteiger partial charge in [-0.25, -0.2) is 0 Å². The van der Waals surface area contributed by atoms with Crippen molar-refractivity contribution in [1.82, 2.24) is 14.9 Å². The van der Waals surface area contributed by atoms with Crippen LogP contribution >= 0.6 is 11.3 Å². The number of ether oxygens (including phenoxy) is 2. The van der Waals surface area contributed by atoms with Crippen molar-refractivity contribution in [2.75, 3.05) is 40.5 Å². The van der Waals surface area contributed by atoms with Gasteiger partial charge in [0.25, 0.3) is 11.1 Å². The summed E-state index contributed by atoms with van der Waals surface area (Å²) in [5.41, 5.74) is 0.121. The number of benzene rings is 1. The summed E-state index contributed by atoms with van der Waals surface area (Å²) in [6.07, 6.45) is 3.28. The van der Waals surface area contributed by atoms with Gasteiger partial charge in [0.1, 0.15) is 17.3 Å². The van der Waals surface area contributed by atoms with Crippen LogP contribution in [-0.2, 0) is 4.74 Å². The molecule has 2 heterocycles. The van der Waals surface area contributed by atoms with Gasteiger partial charge in [0.05, 0.1) is 13.2 Å². The van der Waals surface area contributed by atoms with E-state index in [2.05, 4.69) is 14.9 Å². The summed E-state index contributed by atoms with van der Waals surface area (Å²) in [6.45, 7) is 2.49. The van der Waals surface area contributed by atoms with E-state index in [1.807, 2.05) is 56.6 Å². The lowest BCUT2D eigenvalue weighted by Gasteiger charge is -2.09. The first-order chi connectivity index (χ1) is 14.5. The summed E-state index contributed by atoms with van der Waals surface area (Å²) in [5, 5.41) is 1.14. The summed E-state index contributed by atoms with van der Waals surface area (Å²) in [4.78, 5) is 32.9. The first kappa shape index (κ1) is 21.8. The molecule has 8 heteroatoms. The van der Waals surface area contributed by atoms with Gasteiger partial charge in [0.2, 0.25) is 0 Å². The van der Waals surface area contributed by atoms with E-state index in [9.17, 15) is 9.59 Å². The molecule has 0 aliphatic heterocycles. The zero-order valence-electron chi connectivity index (χ0n) is 17.0. The third kappa shape index (κ3) is 6.55. The molecule has 0 aliphatic carbocycles. The van der Waals surface area contributed by atoms with Crippen molar-refractivity contribution in [3.05, 3.63) is 84.3 Å².